The molecule has 0 radical (unpaired) electrons. The van der Waals surface area contributed by atoms with Gasteiger partial charge in [-0.05, 0) is 46.2 Å². The lowest BCUT2D eigenvalue weighted by Gasteiger charge is -2.21. The van der Waals surface area contributed by atoms with Crippen LogP contribution >= 0.6 is 23.5 Å². The number of ether oxygens (including phenoxy) is 1. The maximum atomic E-state index is 5.58. The Morgan fingerprint density at radius 2 is 1.97 bits per heavy atom. The van der Waals surface area contributed by atoms with Gasteiger partial charge in [0, 0.05) is 11.4 Å². The first-order valence-corrected chi connectivity index (χ1v) is 11.8. The van der Waals surface area contributed by atoms with Crippen LogP contribution in [0.5, 0.6) is 5.75 Å². The molecule has 6 rings (SSSR count). The molecule has 2 atom stereocenters. The summed E-state index contributed by atoms with van der Waals surface area (Å²) in [5, 5.41) is 6.28. The zero-order valence-electron chi connectivity index (χ0n) is 16.1. The second-order valence-corrected chi connectivity index (χ2v) is 9.59. The van der Waals surface area contributed by atoms with Gasteiger partial charge in [-0.2, -0.15) is 0 Å². The number of nitrogens with zero attached hydrogens (tertiary/aromatic N) is 2. The molecule has 3 aliphatic rings. The van der Waals surface area contributed by atoms with Crippen molar-refractivity contribution in [2.24, 2.45) is 9.98 Å². The number of fused-ring (bicyclic) bond motifs is 3. The van der Waals surface area contributed by atoms with Crippen molar-refractivity contribution in [1.82, 2.24) is 5.32 Å². The largest absolute Gasteiger partial charge is 0.481 e. The van der Waals surface area contributed by atoms with E-state index in [2.05, 4.69) is 82.0 Å². The molecule has 0 fully saturated rings. The molecule has 3 aromatic rings. The van der Waals surface area contributed by atoms with Crippen LogP contribution in [0.4, 0.5) is 0 Å². The van der Waals surface area contributed by atoms with Crippen molar-refractivity contribution >= 4 is 51.4 Å². The fourth-order valence-corrected chi connectivity index (χ4v) is 6.09. The number of hydrogen-bond donors (Lipinski definition) is 1. The molecule has 3 aliphatic heterocycles. The Balaban J connectivity index is 1.19. The first-order chi connectivity index (χ1) is 14.8. The van der Waals surface area contributed by atoms with E-state index in [0.29, 0.717) is 5.94 Å². The molecule has 1 N–H and O–H groups in total. The van der Waals surface area contributed by atoms with Crippen molar-refractivity contribution < 1.29 is 4.74 Å². The van der Waals surface area contributed by atoms with Crippen molar-refractivity contribution in [2.45, 2.75) is 22.7 Å². The van der Waals surface area contributed by atoms with Crippen LogP contribution in [-0.2, 0) is 6.54 Å². The Kier molecular flexibility index (Phi) is 4.54. The normalized spacial score (nSPS) is 21.6. The number of benzene rings is 3. The van der Waals surface area contributed by atoms with E-state index in [4.69, 9.17) is 4.74 Å². The topological polar surface area (TPSA) is 46.0 Å². The fourth-order valence-electron chi connectivity index (χ4n) is 3.97. The van der Waals surface area contributed by atoms with Crippen molar-refractivity contribution in [1.29, 1.82) is 0 Å². The number of amidine groups is 1. The summed E-state index contributed by atoms with van der Waals surface area (Å²) in [4.78, 5) is 11.7. The van der Waals surface area contributed by atoms with E-state index in [-0.39, 0.29) is 11.3 Å². The molecule has 0 bridgehead atoms. The van der Waals surface area contributed by atoms with Crippen molar-refractivity contribution in [3.63, 3.8) is 0 Å². The van der Waals surface area contributed by atoms with Gasteiger partial charge in [0.05, 0.1) is 16.2 Å². The standard InChI is InChI=1S/C24H19N3OS2/c1-2-4-17-10-18(7-6-16(17)3-1)21-11-19-23(30-21)24(27-13-26-19)25-12-15-5-8-20-22(9-15)29-14-28-20/h1-11,13,19,23H,12,14H2,(H,25,26,27). The summed E-state index contributed by atoms with van der Waals surface area (Å²) in [5.41, 5.74) is 2.48. The van der Waals surface area contributed by atoms with E-state index in [1.807, 2.05) is 11.8 Å². The molecule has 30 heavy (non-hydrogen) atoms. The van der Waals surface area contributed by atoms with Crippen LogP contribution in [-0.4, -0.2) is 29.4 Å². The number of hydrogen-bond acceptors (Lipinski definition) is 6. The molecule has 0 aliphatic carbocycles. The van der Waals surface area contributed by atoms with E-state index in [0.717, 1.165) is 18.1 Å². The third-order valence-electron chi connectivity index (χ3n) is 5.54. The van der Waals surface area contributed by atoms with E-state index in [1.165, 1.54) is 31.7 Å². The first-order valence-electron chi connectivity index (χ1n) is 9.93. The van der Waals surface area contributed by atoms with Crippen LogP contribution < -0.4 is 10.1 Å². The van der Waals surface area contributed by atoms with Gasteiger partial charge in [0.25, 0.3) is 0 Å². The highest BCUT2D eigenvalue weighted by Crippen LogP contribution is 2.42. The second-order valence-electron chi connectivity index (χ2n) is 7.44. The van der Waals surface area contributed by atoms with Crippen molar-refractivity contribution in [3.8, 4) is 5.75 Å². The summed E-state index contributed by atoms with van der Waals surface area (Å²) < 4.78 is 5.58. The van der Waals surface area contributed by atoms with Crippen LogP contribution in [0.15, 0.2) is 81.6 Å². The average molecular weight is 430 g/mol. The average Bonchev–Trinajstić information content (AvgIpc) is 3.44. The molecular formula is C24H19N3OS2. The quantitative estimate of drug-likeness (QED) is 0.611. The Morgan fingerprint density at radius 3 is 2.93 bits per heavy atom. The molecule has 0 saturated carbocycles. The third kappa shape index (κ3) is 3.30. The second kappa shape index (κ2) is 7.52. The third-order valence-corrected chi connectivity index (χ3v) is 7.78. The van der Waals surface area contributed by atoms with Crippen LogP contribution in [0.3, 0.4) is 0 Å². The van der Waals surface area contributed by atoms with Crippen LogP contribution in [0.25, 0.3) is 15.7 Å². The number of thioether (sulfide) groups is 2. The zero-order chi connectivity index (χ0) is 19.9. The minimum Gasteiger partial charge on any atom is -0.481 e. The predicted octanol–water partition coefficient (Wildman–Crippen LogP) is 5.34. The highest BCUT2D eigenvalue weighted by molar-refractivity contribution is 8.09. The molecular weight excluding hydrogens is 410 g/mol. The molecule has 0 saturated heterocycles. The van der Waals surface area contributed by atoms with E-state index in [1.54, 1.807) is 18.1 Å². The molecule has 0 aromatic heterocycles. The lowest BCUT2D eigenvalue weighted by atomic mass is 10.1. The van der Waals surface area contributed by atoms with Gasteiger partial charge in [0.2, 0.25) is 0 Å². The van der Waals surface area contributed by atoms with Gasteiger partial charge in [0.1, 0.15) is 23.9 Å². The molecule has 148 valence electrons. The summed E-state index contributed by atoms with van der Waals surface area (Å²) in [7, 11) is 0. The van der Waals surface area contributed by atoms with Gasteiger partial charge in [-0.1, -0.05) is 54.2 Å². The van der Waals surface area contributed by atoms with Gasteiger partial charge in [-0.25, -0.2) is 4.99 Å². The smallest absolute Gasteiger partial charge is 0.138 e. The Hall–Kier alpha value is -2.70. The van der Waals surface area contributed by atoms with E-state index >= 15 is 0 Å². The maximum absolute atomic E-state index is 5.58. The summed E-state index contributed by atoms with van der Waals surface area (Å²) in [6, 6.07) is 21.7. The highest BCUT2D eigenvalue weighted by Gasteiger charge is 2.34. The maximum Gasteiger partial charge on any atom is 0.138 e. The minimum atomic E-state index is 0.125. The summed E-state index contributed by atoms with van der Waals surface area (Å²) in [6.45, 7) is 0.746. The molecule has 4 nitrogen and oxygen atoms in total. The number of rotatable bonds is 3. The van der Waals surface area contributed by atoms with Crippen LogP contribution in [0.2, 0.25) is 0 Å². The van der Waals surface area contributed by atoms with Crippen LogP contribution in [0, 0.1) is 0 Å². The van der Waals surface area contributed by atoms with Gasteiger partial charge >= 0.3 is 0 Å². The van der Waals surface area contributed by atoms with Crippen molar-refractivity contribution in [2.75, 3.05) is 5.94 Å². The first kappa shape index (κ1) is 18.1. The Bertz CT molecular complexity index is 1230. The highest BCUT2D eigenvalue weighted by atomic mass is 32.2. The molecule has 0 spiro atoms. The zero-order valence-corrected chi connectivity index (χ0v) is 17.7. The SMILES string of the molecule is C1=NC2C=C(c3ccc4ccccc4c3)SC2C(NCc2ccc3c(c2)SCO3)=N1. The fraction of sp³-hybridized carbons (Fsp3) is 0.167. The van der Waals surface area contributed by atoms with Gasteiger partial charge < -0.3 is 10.1 Å². The van der Waals surface area contributed by atoms with E-state index < -0.39 is 0 Å². The van der Waals surface area contributed by atoms with Gasteiger partial charge in [-0.3, -0.25) is 4.99 Å². The predicted molar refractivity (Wildman–Crippen MR) is 128 cm³/mol. The van der Waals surface area contributed by atoms with E-state index in [9.17, 15) is 0 Å². The number of nitrogens with one attached hydrogen (secondary N) is 1. The lowest BCUT2D eigenvalue weighted by Crippen LogP contribution is -2.39. The molecule has 3 heterocycles. The Labute approximate surface area is 183 Å². The molecule has 2 unspecified atom stereocenters. The van der Waals surface area contributed by atoms with Gasteiger partial charge in [0.15, 0.2) is 0 Å². The molecule has 3 aromatic carbocycles. The lowest BCUT2D eigenvalue weighted by molar-refractivity contribution is 0.397. The minimum absolute atomic E-state index is 0.125. The summed E-state index contributed by atoms with van der Waals surface area (Å²) >= 11 is 3.59. The number of aliphatic imine (C=N–C) groups is 2. The van der Waals surface area contributed by atoms with Crippen molar-refractivity contribution in [3.05, 3.63) is 77.9 Å². The summed E-state index contributed by atoms with van der Waals surface area (Å²) in [6.07, 6.45) is 3.96. The Morgan fingerprint density at radius 1 is 1.03 bits per heavy atom. The monoisotopic (exact) mass is 429 g/mol. The van der Waals surface area contributed by atoms with Crippen LogP contribution in [0.1, 0.15) is 11.1 Å². The molecule has 0 amide bonds. The molecule has 6 heteroatoms. The summed E-state index contributed by atoms with van der Waals surface area (Å²) in [5.74, 6) is 2.69. The van der Waals surface area contributed by atoms with Gasteiger partial charge in [-0.15, -0.1) is 11.8 Å².